The number of hydrogen-bond donors (Lipinski definition) is 0. The van der Waals surface area contributed by atoms with Gasteiger partial charge in [-0.3, -0.25) is 4.79 Å². The maximum absolute atomic E-state index is 12.0. The molecule has 0 spiro atoms. The van der Waals surface area contributed by atoms with Gasteiger partial charge in [0, 0.05) is 5.56 Å². The van der Waals surface area contributed by atoms with Crippen LogP contribution in [0.15, 0.2) is 24.3 Å². The van der Waals surface area contributed by atoms with E-state index in [4.69, 9.17) is 10.00 Å². The van der Waals surface area contributed by atoms with Crippen LogP contribution in [0.4, 0.5) is 0 Å². The van der Waals surface area contributed by atoms with Crippen molar-refractivity contribution in [2.75, 3.05) is 7.11 Å². The lowest BCUT2D eigenvalue weighted by molar-refractivity contribution is 0.0934. The van der Waals surface area contributed by atoms with Gasteiger partial charge in [0.15, 0.2) is 5.78 Å². The Morgan fingerprint density at radius 3 is 2.80 bits per heavy atom. The van der Waals surface area contributed by atoms with Gasteiger partial charge in [-0.1, -0.05) is 12.1 Å². The third kappa shape index (κ3) is 1.59. The van der Waals surface area contributed by atoms with Crippen LogP contribution in [-0.4, -0.2) is 12.9 Å². The summed E-state index contributed by atoms with van der Waals surface area (Å²) in [6, 6.07) is 9.05. The van der Waals surface area contributed by atoms with Crippen molar-refractivity contribution >= 4 is 5.78 Å². The Hall–Kier alpha value is -1.82. The van der Waals surface area contributed by atoms with Crippen LogP contribution < -0.4 is 4.74 Å². The molecule has 3 heteroatoms. The lowest BCUT2D eigenvalue weighted by Gasteiger charge is -2.06. The minimum absolute atomic E-state index is 0.0797. The second-order valence-electron chi connectivity index (χ2n) is 3.75. The summed E-state index contributed by atoms with van der Waals surface area (Å²) in [5.74, 6) is 0.568. The molecule has 0 atom stereocenters. The molecule has 0 unspecified atom stereocenters. The summed E-state index contributed by atoms with van der Waals surface area (Å²) in [5.41, 5.74) is -0.180. The van der Waals surface area contributed by atoms with E-state index in [-0.39, 0.29) is 5.78 Å². The molecule has 2 rings (SSSR count). The molecule has 1 aromatic rings. The maximum atomic E-state index is 12.0. The van der Waals surface area contributed by atoms with Crippen LogP contribution in [-0.2, 0) is 0 Å². The SMILES string of the molecule is COc1cccc(C(=O)C2(C#N)CC2)c1. The molecule has 0 bridgehead atoms. The molecular weight excluding hydrogens is 190 g/mol. The number of hydrogen-bond acceptors (Lipinski definition) is 3. The highest BCUT2D eigenvalue weighted by atomic mass is 16.5. The van der Waals surface area contributed by atoms with Crippen LogP contribution in [0.5, 0.6) is 5.75 Å². The number of nitriles is 1. The summed E-state index contributed by atoms with van der Waals surface area (Å²) < 4.78 is 5.04. The molecule has 76 valence electrons. The van der Waals surface area contributed by atoms with Crippen molar-refractivity contribution in [1.29, 1.82) is 5.26 Å². The number of rotatable bonds is 3. The molecule has 0 aromatic heterocycles. The highest BCUT2D eigenvalue weighted by Gasteiger charge is 2.50. The lowest BCUT2D eigenvalue weighted by atomic mass is 9.96. The van der Waals surface area contributed by atoms with E-state index in [9.17, 15) is 4.79 Å². The minimum Gasteiger partial charge on any atom is -0.497 e. The van der Waals surface area contributed by atoms with Crippen LogP contribution in [0.25, 0.3) is 0 Å². The zero-order chi connectivity index (χ0) is 10.9. The van der Waals surface area contributed by atoms with Gasteiger partial charge in [0.25, 0.3) is 0 Å². The first-order chi connectivity index (χ1) is 7.22. The van der Waals surface area contributed by atoms with Crippen LogP contribution in [0.1, 0.15) is 23.2 Å². The average molecular weight is 201 g/mol. The van der Waals surface area contributed by atoms with E-state index in [1.54, 1.807) is 31.4 Å². The Morgan fingerprint density at radius 1 is 1.53 bits per heavy atom. The van der Waals surface area contributed by atoms with Crippen LogP contribution in [0.3, 0.4) is 0 Å². The number of ketones is 1. The topological polar surface area (TPSA) is 50.1 Å². The van der Waals surface area contributed by atoms with Crippen molar-refractivity contribution in [3.63, 3.8) is 0 Å². The summed E-state index contributed by atoms with van der Waals surface area (Å²) in [6.07, 6.45) is 1.36. The molecular formula is C12H11NO2. The zero-order valence-corrected chi connectivity index (χ0v) is 8.49. The van der Waals surface area contributed by atoms with E-state index in [2.05, 4.69) is 6.07 Å². The highest BCUT2D eigenvalue weighted by molar-refractivity contribution is 6.04. The number of carbonyl (C=O) groups is 1. The average Bonchev–Trinajstić information content (AvgIpc) is 3.09. The molecule has 0 heterocycles. The summed E-state index contributed by atoms with van der Waals surface area (Å²) in [6.45, 7) is 0. The fourth-order valence-electron chi connectivity index (χ4n) is 1.56. The third-order valence-corrected chi connectivity index (χ3v) is 2.73. The number of nitrogens with zero attached hydrogens (tertiary/aromatic N) is 1. The fraction of sp³-hybridized carbons (Fsp3) is 0.333. The number of carbonyl (C=O) groups excluding carboxylic acids is 1. The molecule has 1 fully saturated rings. The van der Waals surface area contributed by atoms with E-state index >= 15 is 0 Å². The highest BCUT2D eigenvalue weighted by Crippen LogP contribution is 2.47. The summed E-state index contributed by atoms with van der Waals surface area (Å²) in [4.78, 5) is 12.0. The molecule has 15 heavy (non-hydrogen) atoms. The minimum atomic E-state index is -0.744. The van der Waals surface area contributed by atoms with Crippen molar-refractivity contribution in [1.82, 2.24) is 0 Å². The molecule has 0 amide bonds. The molecule has 0 N–H and O–H groups in total. The van der Waals surface area contributed by atoms with Gasteiger partial charge >= 0.3 is 0 Å². The number of ether oxygens (including phenoxy) is 1. The molecule has 1 aromatic carbocycles. The van der Waals surface area contributed by atoms with Crippen LogP contribution in [0.2, 0.25) is 0 Å². The van der Waals surface area contributed by atoms with Gasteiger partial charge in [0.2, 0.25) is 0 Å². The number of benzene rings is 1. The van der Waals surface area contributed by atoms with Gasteiger partial charge in [0.1, 0.15) is 11.2 Å². The van der Waals surface area contributed by atoms with Crippen molar-refractivity contribution in [3.05, 3.63) is 29.8 Å². The first-order valence-corrected chi connectivity index (χ1v) is 4.82. The Labute approximate surface area is 88.3 Å². The standard InChI is InChI=1S/C12H11NO2/c1-15-10-4-2-3-9(7-10)11(14)12(8-13)5-6-12/h2-4,7H,5-6H2,1H3. The second-order valence-corrected chi connectivity index (χ2v) is 3.75. The van der Waals surface area contributed by atoms with E-state index in [0.29, 0.717) is 24.2 Å². The summed E-state index contributed by atoms with van der Waals surface area (Å²) in [5, 5.41) is 8.91. The predicted octanol–water partition coefficient (Wildman–Crippen LogP) is 2.18. The van der Waals surface area contributed by atoms with Crippen molar-refractivity contribution in [2.45, 2.75) is 12.8 Å². The fourth-order valence-corrected chi connectivity index (χ4v) is 1.56. The number of methoxy groups -OCH3 is 1. The normalized spacial score (nSPS) is 16.5. The smallest absolute Gasteiger partial charge is 0.183 e. The van der Waals surface area contributed by atoms with E-state index in [0.717, 1.165) is 0 Å². The monoisotopic (exact) mass is 201 g/mol. The van der Waals surface area contributed by atoms with Gasteiger partial charge in [-0.15, -0.1) is 0 Å². The Bertz CT molecular complexity index is 441. The largest absolute Gasteiger partial charge is 0.497 e. The molecule has 1 aliphatic rings. The van der Waals surface area contributed by atoms with E-state index < -0.39 is 5.41 Å². The summed E-state index contributed by atoms with van der Waals surface area (Å²) in [7, 11) is 1.56. The van der Waals surface area contributed by atoms with Gasteiger partial charge < -0.3 is 4.74 Å². The van der Waals surface area contributed by atoms with Gasteiger partial charge in [-0.2, -0.15) is 5.26 Å². The Balaban J connectivity index is 2.31. The first-order valence-electron chi connectivity index (χ1n) is 4.82. The zero-order valence-electron chi connectivity index (χ0n) is 8.49. The second kappa shape index (κ2) is 3.39. The van der Waals surface area contributed by atoms with Crippen molar-refractivity contribution in [2.24, 2.45) is 5.41 Å². The molecule has 0 saturated heterocycles. The van der Waals surface area contributed by atoms with Gasteiger partial charge in [-0.25, -0.2) is 0 Å². The Morgan fingerprint density at radius 2 is 2.27 bits per heavy atom. The molecule has 0 aliphatic heterocycles. The van der Waals surface area contributed by atoms with E-state index in [1.807, 2.05) is 0 Å². The quantitative estimate of drug-likeness (QED) is 0.704. The van der Waals surface area contributed by atoms with Crippen LogP contribution in [0, 0.1) is 16.7 Å². The summed E-state index contributed by atoms with van der Waals surface area (Å²) >= 11 is 0. The van der Waals surface area contributed by atoms with Crippen molar-refractivity contribution in [3.8, 4) is 11.8 Å². The predicted molar refractivity (Wildman–Crippen MR) is 54.6 cm³/mol. The molecule has 0 radical (unpaired) electrons. The van der Waals surface area contributed by atoms with Gasteiger partial charge in [-0.05, 0) is 25.0 Å². The molecule has 3 nitrogen and oxygen atoms in total. The van der Waals surface area contributed by atoms with Gasteiger partial charge in [0.05, 0.1) is 13.2 Å². The number of Topliss-reactive ketones (excluding diaryl/α,β-unsaturated/α-hetero) is 1. The Kier molecular flexibility index (Phi) is 2.20. The molecule has 1 aliphatic carbocycles. The van der Waals surface area contributed by atoms with E-state index in [1.165, 1.54) is 0 Å². The lowest BCUT2D eigenvalue weighted by Crippen LogP contribution is -2.13. The first kappa shape index (κ1) is 9.72. The van der Waals surface area contributed by atoms with Crippen LogP contribution >= 0.6 is 0 Å². The van der Waals surface area contributed by atoms with Crippen molar-refractivity contribution < 1.29 is 9.53 Å². The molecule has 1 saturated carbocycles. The maximum Gasteiger partial charge on any atom is 0.183 e. The third-order valence-electron chi connectivity index (χ3n) is 2.73.